The predicted octanol–water partition coefficient (Wildman–Crippen LogP) is 3.64. The minimum atomic E-state index is -0.288. The van der Waals surface area contributed by atoms with Crippen molar-refractivity contribution in [3.05, 3.63) is 71.8 Å². The van der Waals surface area contributed by atoms with E-state index in [0.29, 0.717) is 36.1 Å². The van der Waals surface area contributed by atoms with Gasteiger partial charge in [0.15, 0.2) is 11.3 Å². The Balaban J connectivity index is 1.42. The Morgan fingerprint density at radius 1 is 1.00 bits per heavy atom. The van der Waals surface area contributed by atoms with Gasteiger partial charge in [-0.1, -0.05) is 0 Å². The van der Waals surface area contributed by atoms with Gasteiger partial charge in [-0.15, -0.1) is 10.2 Å². The first-order valence-corrected chi connectivity index (χ1v) is 9.51. The van der Waals surface area contributed by atoms with Crippen LogP contribution >= 0.6 is 0 Å². The molecule has 4 heterocycles. The van der Waals surface area contributed by atoms with Crippen LogP contribution < -0.4 is 0 Å². The zero-order chi connectivity index (χ0) is 20.7. The average Bonchev–Trinajstić information content (AvgIpc) is 3.44. The van der Waals surface area contributed by atoms with E-state index in [2.05, 4.69) is 25.4 Å². The molecule has 0 aliphatic heterocycles. The van der Waals surface area contributed by atoms with Crippen molar-refractivity contribution in [3.63, 3.8) is 0 Å². The van der Waals surface area contributed by atoms with Gasteiger partial charge in [-0.2, -0.15) is 10.2 Å². The molecule has 0 unspecified atom stereocenters. The van der Waals surface area contributed by atoms with Crippen LogP contribution in [0.5, 0.6) is 0 Å². The van der Waals surface area contributed by atoms with Crippen LogP contribution in [-0.2, 0) is 13.0 Å². The van der Waals surface area contributed by atoms with Crippen LogP contribution in [0.15, 0.2) is 53.1 Å². The Morgan fingerprint density at radius 2 is 1.83 bits per heavy atom. The molecule has 0 bridgehead atoms. The fourth-order valence-electron chi connectivity index (χ4n) is 3.40. The maximum absolute atomic E-state index is 13.3. The molecule has 0 amide bonds. The molecule has 1 aromatic carbocycles. The summed E-state index contributed by atoms with van der Waals surface area (Å²) in [5.41, 5.74) is 4.85. The summed E-state index contributed by atoms with van der Waals surface area (Å²) in [5.74, 6) is 0.555. The van der Waals surface area contributed by atoms with Crippen molar-refractivity contribution in [1.29, 1.82) is 0 Å². The second-order valence-corrected chi connectivity index (χ2v) is 7.04. The van der Waals surface area contributed by atoms with Crippen LogP contribution in [0.4, 0.5) is 4.39 Å². The number of rotatable bonds is 5. The highest BCUT2D eigenvalue weighted by Gasteiger charge is 2.15. The van der Waals surface area contributed by atoms with E-state index >= 15 is 0 Å². The average molecular weight is 403 g/mol. The van der Waals surface area contributed by atoms with E-state index in [4.69, 9.17) is 4.42 Å². The van der Waals surface area contributed by atoms with E-state index < -0.39 is 0 Å². The monoisotopic (exact) mass is 403 g/mol. The van der Waals surface area contributed by atoms with Crippen molar-refractivity contribution in [2.45, 2.75) is 26.8 Å². The lowest BCUT2D eigenvalue weighted by Crippen LogP contribution is -2.05. The van der Waals surface area contributed by atoms with Crippen molar-refractivity contribution in [2.75, 3.05) is 0 Å². The molecule has 0 spiro atoms. The molecular formula is C21H18FN7O. The first kappa shape index (κ1) is 18.2. The van der Waals surface area contributed by atoms with Crippen LogP contribution in [0.25, 0.3) is 28.5 Å². The van der Waals surface area contributed by atoms with E-state index in [-0.39, 0.29) is 5.82 Å². The molecule has 30 heavy (non-hydrogen) atoms. The van der Waals surface area contributed by atoms with Crippen molar-refractivity contribution in [3.8, 4) is 22.8 Å². The highest BCUT2D eigenvalue weighted by molar-refractivity contribution is 5.65. The molecule has 9 heteroatoms. The van der Waals surface area contributed by atoms with Gasteiger partial charge in [0.05, 0.1) is 11.4 Å². The van der Waals surface area contributed by atoms with Gasteiger partial charge in [-0.25, -0.2) is 13.9 Å². The van der Waals surface area contributed by atoms with Gasteiger partial charge in [0, 0.05) is 36.5 Å². The molecule has 0 aliphatic carbocycles. The number of aromatic nitrogens is 7. The van der Waals surface area contributed by atoms with Crippen LogP contribution in [-0.4, -0.2) is 34.6 Å². The van der Waals surface area contributed by atoms with Crippen molar-refractivity contribution >= 4 is 5.65 Å². The zero-order valence-electron chi connectivity index (χ0n) is 16.4. The minimum Gasteiger partial charge on any atom is -0.419 e. The van der Waals surface area contributed by atoms with Gasteiger partial charge in [0.1, 0.15) is 5.82 Å². The summed E-state index contributed by atoms with van der Waals surface area (Å²) in [4.78, 5) is 4.35. The molecule has 5 aromatic rings. The topological polar surface area (TPSA) is 86.9 Å². The number of hydrogen-bond donors (Lipinski definition) is 0. The lowest BCUT2D eigenvalue weighted by Gasteiger charge is -2.03. The molecule has 0 atom stereocenters. The summed E-state index contributed by atoms with van der Waals surface area (Å²) in [6.07, 6.45) is 2.26. The molecule has 0 radical (unpaired) electrons. The quantitative estimate of drug-likeness (QED) is 0.445. The molecular weight excluding hydrogens is 385 g/mol. The Labute approximate surface area is 171 Å². The molecule has 0 fully saturated rings. The maximum Gasteiger partial charge on any atom is 0.268 e. The Hall–Kier alpha value is -3.88. The van der Waals surface area contributed by atoms with Gasteiger partial charge in [-0.05, 0) is 50.2 Å². The first-order chi connectivity index (χ1) is 14.6. The lowest BCUT2D eigenvalue weighted by atomic mass is 10.1. The van der Waals surface area contributed by atoms with E-state index in [9.17, 15) is 4.39 Å². The summed E-state index contributed by atoms with van der Waals surface area (Å²) in [6.45, 7) is 4.64. The zero-order valence-corrected chi connectivity index (χ0v) is 16.4. The summed E-state index contributed by atoms with van der Waals surface area (Å²) < 4.78 is 22.7. The number of aryl methyl sites for hydroxylation is 4. The molecule has 0 saturated heterocycles. The van der Waals surface area contributed by atoms with Crippen LogP contribution in [0.1, 0.15) is 17.3 Å². The Morgan fingerprint density at radius 3 is 2.60 bits per heavy atom. The van der Waals surface area contributed by atoms with Gasteiger partial charge in [0.25, 0.3) is 5.89 Å². The van der Waals surface area contributed by atoms with Crippen molar-refractivity contribution in [2.24, 2.45) is 0 Å². The van der Waals surface area contributed by atoms with Crippen molar-refractivity contribution < 1.29 is 8.81 Å². The number of halogens is 1. The molecule has 150 valence electrons. The molecule has 8 nitrogen and oxygen atoms in total. The SMILES string of the molecule is Cc1cc(C)n(CCc2nnc(-c3cc4nccc(-c5ccc(F)cc5)n4n3)o2)n1. The summed E-state index contributed by atoms with van der Waals surface area (Å²) in [7, 11) is 0. The predicted molar refractivity (Wildman–Crippen MR) is 107 cm³/mol. The lowest BCUT2D eigenvalue weighted by molar-refractivity contribution is 0.470. The third kappa shape index (κ3) is 3.34. The Bertz CT molecular complexity index is 1330. The molecule has 0 saturated carbocycles. The fourth-order valence-corrected chi connectivity index (χ4v) is 3.40. The van der Waals surface area contributed by atoms with E-state index in [0.717, 1.165) is 22.6 Å². The molecule has 5 rings (SSSR count). The van der Waals surface area contributed by atoms with Crippen LogP contribution in [0.2, 0.25) is 0 Å². The first-order valence-electron chi connectivity index (χ1n) is 9.51. The molecule has 0 aliphatic rings. The van der Waals surface area contributed by atoms with Gasteiger partial charge >= 0.3 is 0 Å². The van der Waals surface area contributed by atoms with Crippen LogP contribution in [0, 0.1) is 19.7 Å². The highest BCUT2D eigenvalue weighted by atomic mass is 19.1. The van der Waals surface area contributed by atoms with E-state index in [1.165, 1.54) is 12.1 Å². The second-order valence-electron chi connectivity index (χ2n) is 7.04. The summed E-state index contributed by atoms with van der Waals surface area (Å²) >= 11 is 0. The van der Waals surface area contributed by atoms with Gasteiger partial charge < -0.3 is 4.42 Å². The third-order valence-corrected chi connectivity index (χ3v) is 4.82. The largest absolute Gasteiger partial charge is 0.419 e. The standard InChI is InChI=1S/C21H18FN7O/c1-13-11-14(2)28(26-13)10-8-20-24-25-21(30-20)17-12-19-23-9-7-18(29(19)27-17)15-3-5-16(22)6-4-15/h3-7,9,11-12H,8,10H2,1-2H3. The summed E-state index contributed by atoms with van der Waals surface area (Å²) in [6, 6.07) is 11.9. The number of fused-ring (bicyclic) bond motifs is 1. The van der Waals surface area contributed by atoms with E-state index in [1.807, 2.05) is 30.7 Å². The maximum atomic E-state index is 13.3. The van der Waals surface area contributed by atoms with Crippen LogP contribution in [0.3, 0.4) is 0 Å². The number of hydrogen-bond acceptors (Lipinski definition) is 6. The second kappa shape index (κ2) is 7.18. The minimum absolute atomic E-state index is 0.288. The molecule has 0 N–H and O–H groups in total. The highest BCUT2D eigenvalue weighted by Crippen LogP contribution is 2.24. The van der Waals surface area contributed by atoms with E-state index in [1.54, 1.807) is 28.9 Å². The van der Waals surface area contributed by atoms with Gasteiger partial charge in [-0.3, -0.25) is 4.68 Å². The summed E-state index contributed by atoms with van der Waals surface area (Å²) in [5, 5.41) is 17.3. The number of benzene rings is 1. The smallest absolute Gasteiger partial charge is 0.268 e. The van der Waals surface area contributed by atoms with Gasteiger partial charge in [0.2, 0.25) is 5.89 Å². The van der Waals surface area contributed by atoms with Crippen molar-refractivity contribution in [1.82, 2.24) is 34.6 Å². The normalized spacial score (nSPS) is 11.4. The third-order valence-electron chi connectivity index (χ3n) is 4.82. The Kier molecular flexibility index (Phi) is 4.35. The number of nitrogens with zero attached hydrogens (tertiary/aromatic N) is 7. The fraction of sp³-hybridized carbons (Fsp3) is 0.190. The molecule has 4 aromatic heterocycles.